The molecule has 1 aliphatic heterocycles. The Morgan fingerprint density at radius 3 is 2.79 bits per heavy atom. The van der Waals surface area contributed by atoms with Gasteiger partial charge in [-0.2, -0.15) is 4.98 Å². The Balaban J connectivity index is 2.12. The highest BCUT2D eigenvalue weighted by Gasteiger charge is 2.31. The number of piperidine rings is 1. The highest BCUT2D eigenvalue weighted by Crippen LogP contribution is 2.28. The van der Waals surface area contributed by atoms with Gasteiger partial charge in [0.25, 0.3) is 0 Å². The summed E-state index contributed by atoms with van der Waals surface area (Å²) < 4.78 is 30.6. The van der Waals surface area contributed by atoms with Crippen molar-refractivity contribution < 1.29 is 12.9 Å². The van der Waals surface area contributed by atoms with Crippen molar-refractivity contribution in [2.24, 2.45) is 0 Å². The minimum Gasteiger partial charge on any atom is -0.339 e. The SMILES string of the molecule is CCS(=O)(=O)N1CCCC(c2nc(C(C)C)no2)C1. The molecule has 1 unspecified atom stereocenters. The van der Waals surface area contributed by atoms with Gasteiger partial charge < -0.3 is 4.52 Å². The van der Waals surface area contributed by atoms with Crippen molar-refractivity contribution in [3.05, 3.63) is 11.7 Å². The van der Waals surface area contributed by atoms with Crippen LogP contribution in [-0.4, -0.2) is 41.7 Å². The van der Waals surface area contributed by atoms with Crippen LogP contribution in [0.5, 0.6) is 0 Å². The van der Waals surface area contributed by atoms with Crippen LogP contribution in [0.15, 0.2) is 4.52 Å². The summed E-state index contributed by atoms with van der Waals surface area (Å²) in [5, 5.41) is 3.94. The Labute approximate surface area is 114 Å². The summed E-state index contributed by atoms with van der Waals surface area (Å²) in [4.78, 5) is 4.38. The third-order valence-electron chi connectivity index (χ3n) is 3.47. The van der Waals surface area contributed by atoms with Gasteiger partial charge in [-0.1, -0.05) is 19.0 Å². The first-order valence-electron chi connectivity index (χ1n) is 6.75. The van der Waals surface area contributed by atoms with E-state index in [2.05, 4.69) is 10.1 Å². The molecule has 0 N–H and O–H groups in total. The number of sulfonamides is 1. The normalized spacial score (nSPS) is 22.0. The summed E-state index contributed by atoms with van der Waals surface area (Å²) in [5.74, 6) is 1.64. The van der Waals surface area contributed by atoms with E-state index in [4.69, 9.17) is 4.52 Å². The molecule has 7 heteroatoms. The third-order valence-corrected chi connectivity index (χ3v) is 5.31. The van der Waals surface area contributed by atoms with Gasteiger partial charge in [0.05, 0.1) is 11.7 Å². The van der Waals surface area contributed by atoms with Crippen molar-refractivity contribution in [3.63, 3.8) is 0 Å². The zero-order chi connectivity index (χ0) is 14.0. The van der Waals surface area contributed by atoms with Crippen LogP contribution in [0.4, 0.5) is 0 Å². The van der Waals surface area contributed by atoms with E-state index in [0.717, 1.165) is 12.8 Å². The van der Waals surface area contributed by atoms with Crippen LogP contribution < -0.4 is 0 Å². The summed E-state index contributed by atoms with van der Waals surface area (Å²) in [6.07, 6.45) is 1.73. The molecule has 1 saturated heterocycles. The molecule has 1 aromatic rings. The number of hydrogen-bond donors (Lipinski definition) is 0. The molecule has 1 aromatic heterocycles. The lowest BCUT2D eigenvalue weighted by molar-refractivity contribution is 0.265. The van der Waals surface area contributed by atoms with E-state index < -0.39 is 10.0 Å². The maximum Gasteiger partial charge on any atom is 0.231 e. The zero-order valence-corrected chi connectivity index (χ0v) is 12.5. The van der Waals surface area contributed by atoms with E-state index in [-0.39, 0.29) is 17.6 Å². The van der Waals surface area contributed by atoms with Gasteiger partial charge in [0.2, 0.25) is 15.9 Å². The fourth-order valence-electron chi connectivity index (χ4n) is 2.23. The van der Waals surface area contributed by atoms with Gasteiger partial charge in [0, 0.05) is 19.0 Å². The summed E-state index contributed by atoms with van der Waals surface area (Å²) in [5.41, 5.74) is 0. The van der Waals surface area contributed by atoms with E-state index in [1.807, 2.05) is 13.8 Å². The molecule has 1 atom stereocenters. The first-order chi connectivity index (χ1) is 8.94. The Hall–Kier alpha value is -0.950. The standard InChI is InChI=1S/C12H21N3O3S/c1-4-19(16,17)15-7-5-6-10(8-15)12-13-11(9(2)3)14-18-12/h9-10H,4-8H2,1-3H3. The molecule has 19 heavy (non-hydrogen) atoms. The second-order valence-electron chi connectivity index (χ2n) is 5.24. The molecular weight excluding hydrogens is 266 g/mol. The Morgan fingerprint density at radius 2 is 2.21 bits per heavy atom. The fraction of sp³-hybridized carbons (Fsp3) is 0.833. The number of rotatable bonds is 4. The van der Waals surface area contributed by atoms with Crippen LogP contribution in [-0.2, 0) is 10.0 Å². The Kier molecular flexibility index (Phi) is 4.25. The van der Waals surface area contributed by atoms with E-state index in [0.29, 0.717) is 24.8 Å². The first-order valence-corrected chi connectivity index (χ1v) is 8.36. The average Bonchev–Trinajstić information content (AvgIpc) is 2.89. The lowest BCUT2D eigenvalue weighted by atomic mass is 10.00. The summed E-state index contributed by atoms with van der Waals surface area (Å²) in [6, 6.07) is 0. The van der Waals surface area contributed by atoms with Crippen LogP contribution in [0.25, 0.3) is 0 Å². The second-order valence-corrected chi connectivity index (χ2v) is 7.50. The van der Waals surface area contributed by atoms with E-state index in [1.165, 1.54) is 0 Å². The van der Waals surface area contributed by atoms with Crippen molar-refractivity contribution in [1.29, 1.82) is 0 Å². The van der Waals surface area contributed by atoms with E-state index >= 15 is 0 Å². The molecule has 2 heterocycles. The molecule has 1 aliphatic rings. The monoisotopic (exact) mass is 287 g/mol. The highest BCUT2D eigenvalue weighted by atomic mass is 32.2. The fourth-order valence-corrected chi connectivity index (χ4v) is 3.41. The Morgan fingerprint density at radius 1 is 1.47 bits per heavy atom. The van der Waals surface area contributed by atoms with Crippen molar-refractivity contribution in [2.75, 3.05) is 18.8 Å². The molecule has 0 aromatic carbocycles. The second kappa shape index (κ2) is 5.58. The van der Waals surface area contributed by atoms with Crippen molar-refractivity contribution in [1.82, 2.24) is 14.4 Å². The predicted molar refractivity (Wildman–Crippen MR) is 71.4 cm³/mol. The van der Waals surface area contributed by atoms with Crippen molar-refractivity contribution >= 4 is 10.0 Å². The smallest absolute Gasteiger partial charge is 0.231 e. The van der Waals surface area contributed by atoms with E-state index in [1.54, 1.807) is 11.2 Å². The van der Waals surface area contributed by atoms with Gasteiger partial charge in [-0.25, -0.2) is 12.7 Å². The van der Waals surface area contributed by atoms with Gasteiger partial charge >= 0.3 is 0 Å². The molecule has 1 fully saturated rings. The van der Waals surface area contributed by atoms with Crippen LogP contribution in [0.3, 0.4) is 0 Å². The van der Waals surface area contributed by atoms with Gasteiger partial charge in [0.1, 0.15) is 0 Å². The van der Waals surface area contributed by atoms with Crippen molar-refractivity contribution in [2.45, 2.75) is 45.4 Å². The molecule has 0 radical (unpaired) electrons. The quantitative estimate of drug-likeness (QED) is 0.842. The summed E-state index contributed by atoms with van der Waals surface area (Å²) in [6.45, 7) is 6.73. The molecular formula is C12H21N3O3S. The highest BCUT2D eigenvalue weighted by molar-refractivity contribution is 7.89. The van der Waals surface area contributed by atoms with Gasteiger partial charge in [0.15, 0.2) is 5.82 Å². The lowest BCUT2D eigenvalue weighted by Crippen LogP contribution is -2.39. The number of aromatic nitrogens is 2. The first kappa shape index (κ1) is 14.5. The third kappa shape index (κ3) is 3.14. The molecule has 0 spiro atoms. The van der Waals surface area contributed by atoms with Gasteiger partial charge in [-0.3, -0.25) is 0 Å². The summed E-state index contributed by atoms with van der Waals surface area (Å²) >= 11 is 0. The van der Waals surface area contributed by atoms with Crippen LogP contribution in [0.1, 0.15) is 57.2 Å². The maximum absolute atomic E-state index is 11.9. The largest absolute Gasteiger partial charge is 0.339 e. The molecule has 0 aliphatic carbocycles. The molecule has 6 nitrogen and oxygen atoms in total. The van der Waals surface area contributed by atoms with Crippen molar-refractivity contribution in [3.8, 4) is 0 Å². The zero-order valence-electron chi connectivity index (χ0n) is 11.7. The maximum atomic E-state index is 11.9. The van der Waals surface area contributed by atoms with Crippen LogP contribution >= 0.6 is 0 Å². The molecule has 0 saturated carbocycles. The Bertz CT molecular complexity index is 524. The lowest BCUT2D eigenvalue weighted by Gasteiger charge is -2.29. The average molecular weight is 287 g/mol. The van der Waals surface area contributed by atoms with Gasteiger partial charge in [-0.15, -0.1) is 0 Å². The molecule has 108 valence electrons. The number of hydrogen-bond acceptors (Lipinski definition) is 5. The summed E-state index contributed by atoms with van der Waals surface area (Å²) in [7, 11) is -3.13. The molecule has 0 amide bonds. The topological polar surface area (TPSA) is 76.3 Å². The molecule has 2 rings (SSSR count). The van der Waals surface area contributed by atoms with E-state index in [9.17, 15) is 8.42 Å². The number of nitrogens with zero attached hydrogens (tertiary/aromatic N) is 3. The minimum atomic E-state index is -3.13. The van der Waals surface area contributed by atoms with Gasteiger partial charge in [-0.05, 0) is 19.8 Å². The predicted octanol–water partition coefficient (Wildman–Crippen LogP) is 1.72. The molecule has 0 bridgehead atoms. The minimum absolute atomic E-state index is 0.0232. The van der Waals surface area contributed by atoms with Crippen LogP contribution in [0.2, 0.25) is 0 Å². The van der Waals surface area contributed by atoms with Crippen LogP contribution in [0, 0.1) is 0 Å².